The van der Waals surface area contributed by atoms with Gasteiger partial charge < -0.3 is 0 Å². The highest BCUT2D eigenvalue weighted by atomic mass is 79.9. The van der Waals surface area contributed by atoms with Crippen molar-refractivity contribution in [1.82, 2.24) is 0 Å². The van der Waals surface area contributed by atoms with Gasteiger partial charge in [0.15, 0.2) is 0 Å². The predicted molar refractivity (Wildman–Crippen MR) is 84.1 cm³/mol. The van der Waals surface area contributed by atoms with Gasteiger partial charge in [0.25, 0.3) is 0 Å². The highest BCUT2D eigenvalue weighted by Crippen LogP contribution is 2.47. The van der Waals surface area contributed by atoms with Crippen molar-refractivity contribution in [3.8, 4) is 0 Å². The maximum absolute atomic E-state index is 12.6. The summed E-state index contributed by atoms with van der Waals surface area (Å²) in [4.78, 5) is -0.677. The summed E-state index contributed by atoms with van der Waals surface area (Å²) in [5.41, 5.74) is 3.30. The monoisotopic (exact) mass is 362 g/mol. The fourth-order valence-electron chi connectivity index (χ4n) is 3.12. The maximum Gasteiger partial charge on any atom is 0.390 e. The van der Waals surface area contributed by atoms with Crippen molar-refractivity contribution in [3.05, 3.63) is 34.9 Å². The molecule has 1 aromatic carbocycles. The molecule has 0 spiro atoms. The third kappa shape index (κ3) is 3.64. The van der Waals surface area contributed by atoms with Gasteiger partial charge in [-0.3, -0.25) is 0 Å². The van der Waals surface area contributed by atoms with Crippen LogP contribution in [0, 0.1) is 0 Å². The molecule has 118 valence electrons. The van der Waals surface area contributed by atoms with Gasteiger partial charge in [0, 0.05) is 4.83 Å². The number of alkyl halides is 4. The summed E-state index contributed by atoms with van der Waals surface area (Å²) in [6.07, 6.45) is -2.83. The Morgan fingerprint density at radius 1 is 1.05 bits per heavy atom. The first-order chi connectivity index (χ1) is 9.42. The summed E-state index contributed by atoms with van der Waals surface area (Å²) in [6, 6.07) is 5.84. The van der Waals surface area contributed by atoms with Crippen molar-refractivity contribution in [1.29, 1.82) is 0 Å². The Hall–Kier alpha value is -0.510. The number of hydrogen-bond acceptors (Lipinski definition) is 0. The number of rotatable bonds is 2. The van der Waals surface area contributed by atoms with Crippen molar-refractivity contribution in [2.45, 2.75) is 68.8 Å². The van der Waals surface area contributed by atoms with Crippen LogP contribution >= 0.6 is 15.9 Å². The lowest BCUT2D eigenvalue weighted by Gasteiger charge is -2.42. The molecule has 1 unspecified atom stereocenters. The van der Waals surface area contributed by atoms with Crippen LogP contribution in [-0.2, 0) is 10.8 Å². The number of benzene rings is 1. The molecule has 0 radical (unpaired) electrons. The first-order valence-electron chi connectivity index (χ1n) is 7.28. The Morgan fingerprint density at radius 2 is 1.57 bits per heavy atom. The molecule has 0 saturated carbocycles. The minimum absolute atomic E-state index is 0.0197. The fourth-order valence-corrected chi connectivity index (χ4v) is 3.77. The van der Waals surface area contributed by atoms with Crippen LogP contribution in [-0.4, -0.2) is 6.18 Å². The normalized spacial score (nSPS) is 21.7. The van der Waals surface area contributed by atoms with Gasteiger partial charge >= 0.3 is 6.18 Å². The van der Waals surface area contributed by atoms with Gasteiger partial charge in [0.2, 0.25) is 0 Å². The number of halogens is 4. The Balaban J connectivity index is 2.42. The summed E-state index contributed by atoms with van der Waals surface area (Å²) < 4.78 is 37.7. The average Bonchev–Trinajstić information content (AvgIpc) is 2.33. The molecule has 0 amide bonds. The fraction of sp³-hybridized carbons (Fsp3) is 0.647. The number of fused-ring (bicyclic) bond motifs is 1. The van der Waals surface area contributed by atoms with Crippen LogP contribution in [0.2, 0.25) is 0 Å². The molecular weight excluding hydrogens is 341 g/mol. The van der Waals surface area contributed by atoms with Crippen LogP contribution < -0.4 is 0 Å². The lowest BCUT2D eigenvalue weighted by atomic mass is 9.63. The molecule has 0 fully saturated rings. The van der Waals surface area contributed by atoms with Crippen molar-refractivity contribution < 1.29 is 13.2 Å². The molecule has 1 aromatic rings. The molecule has 0 N–H and O–H groups in total. The van der Waals surface area contributed by atoms with E-state index in [4.69, 9.17) is 0 Å². The number of hydrogen-bond donors (Lipinski definition) is 0. The molecule has 1 aliphatic carbocycles. The second kappa shape index (κ2) is 5.29. The molecule has 0 saturated heterocycles. The van der Waals surface area contributed by atoms with E-state index in [9.17, 15) is 13.2 Å². The second-order valence-electron chi connectivity index (χ2n) is 7.36. The molecule has 0 heterocycles. The van der Waals surface area contributed by atoms with E-state index in [2.05, 4.69) is 43.6 Å². The van der Waals surface area contributed by atoms with Gasteiger partial charge in [-0.05, 0) is 40.4 Å². The molecule has 2 rings (SSSR count). The Bertz CT molecular complexity index is 529. The third-order valence-corrected chi connectivity index (χ3v) is 5.50. The van der Waals surface area contributed by atoms with Crippen LogP contribution in [0.15, 0.2) is 18.2 Å². The Kier molecular flexibility index (Phi) is 4.25. The van der Waals surface area contributed by atoms with Gasteiger partial charge in [-0.2, -0.15) is 13.2 Å². The SMILES string of the molecule is CC1(C)CCC(C)(C)c2cc(C(Br)CC(F)(F)F)ccc21. The minimum Gasteiger partial charge on any atom is -0.171 e. The average molecular weight is 363 g/mol. The molecule has 0 bridgehead atoms. The van der Waals surface area contributed by atoms with Crippen molar-refractivity contribution >= 4 is 15.9 Å². The third-order valence-electron chi connectivity index (χ3n) is 4.65. The molecular formula is C17H22BrF3. The zero-order valence-electron chi connectivity index (χ0n) is 12.9. The maximum atomic E-state index is 12.6. The van der Waals surface area contributed by atoms with Gasteiger partial charge in [-0.1, -0.05) is 61.8 Å². The standard InChI is InChI=1S/C17H22BrF3/c1-15(2)7-8-16(3,4)13-9-11(5-6-12(13)15)14(18)10-17(19,20)21/h5-6,9,14H,7-8,10H2,1-4H3. The van der Waals surface area contributed by atoms with E-state index < -0.39 is 17.4 Å². The topological polar surface area (TPSA) is 0 Å². The summed E-state index contributed by atoms with van der Waals surface area (Å²) >= 11 is 3.20. The molecule has 1 aliphatic rings. The largest absolute Gasteiger partial charge is 0.390 e. The minimum atomic E-state index is -4.15. The van der Waals surface area contributed by atoms with Crippen LogP contribution in [0.5, 0.6) is 0 Å². The van der Waals surface area contributed by atoms with E-state index in [0.717, 1.165) is 18.4 Å². The quantitative estimate of drug-likeness (QED) is 0.532. The van der Waals surface area contributed by atoms with Crippen LogP contribution in [0.4, 0.5) is 13.2 Å². The van der Waals surface area contributed by atoms with Crippen molar-refractivity contribution in [2.75, 3.05) is 0 Å². The lowest BCUT2D eigenvalue weighted by Crippen LogP contribution is -2.34. The Morgan fingerprint density at radius 3 is 2.10 bits per heavy atom. The zero-order chi connectivity index (χ0) is 16.1. The molecule has 0 aromatic heterocycles. The Labute approximate surface area is 133 Å². The van der Waals surface area contributed by atoms with Gasteiger partial charge in [0.1, 0.15) is 0 Å². The van der Waals surface area contributed by atoms with Crippen LogP contribution in [0.25, 0.3) is 0 Å². The van der Waals surface area contributed by atoms with Gasteiger partial charge in [0.05, 0.1) is 6.42 Å². The summed E-state index contributed by atoms with van der Waals surface area (Å²) in [6.45, 7) is 8.78. The van der Waals surface area contributed by atoms with Crippen molar-refractivity contribution in [2.24, 2.45) is 0 Å². The lowest BCUT2D eigenvalue weighted by molar-refractivity contribution is -0.134. The van der Waals surface area contributed by atoms with E-state index in [1.54, 1.807) is 0 Å². The first kappa shape index (κ1) is 16.9. The summed E-state index contributed by atoms with van der Waals surface area (Å²) in [7, 11) is 0. The zero-order valence-corrected chi connectivity index (χ0v) is 14.5. The van der Waals surface area contributed by atoms with Crippen molar-refractivity contribution in [3.63, 3.8) is 0 Å². The van der Waals surface area contributed by atoms with E-state index in [1.807, 2.05) is 18.2 Å². The summed E-state index contributed by atoms with van der Waals surface area (Å²) in [5.74, 6) is 0. The summed E-state index contributed by atoms with van der Waals surface area (Å²) in [5, 5.41) is 0. The van der Waals surface area contributed by atoms with E-state index in [0.29, 0.717) is 0 Å². The van der Waals surface area contributed by atoms with Gasteiger partial charge in [-0.25, -0.2) is 0 Å². The highest BCUT2D eigenvalue weighted by molar-refractivity contribution is 9.09. The highest BCUT2D eigenvalue weighted by Gasteiger charge is 2.38. The van der Waals surface area contributed by atoms with E-state index >= 15 is 0 Å². The van der Waals surface area contributed by atoms with Crippen LogP contribution in [0.3, 0.4) is 0 Å². The van der Waals surface area contributed by atoms with Crippen LogP contribution in [0.1, 0.15) is 68.5 Å². The van der Waals surface area contributed by atoms with E-state index in [-0.39, 0.29) is 10.8 Å². The molecule has 1 atom stereocenters. The molecule has 4 heteroatoms. The van der Waals surface area contributed by atoms with Gasteiger partial charge in [-0.15, -0.1) is 0 Å². The molecule has 21 heavy (non-hydrogen) atoms. The predicted octanol–water partition coefficient (Wildman–Crippen LogP) is 6.42. The molecule has 0 nitrogen and oxygen atoms in total. The molecule has 0 aliphatic heterocycles. The van der Waals surface area contributed by atoms with E-state index in [1.165, 1.54) is 11.1 Å². The first-order valence-corrected chi connectivity index (χ1v) is 8.20. The second-order valence-corrected chi connectivity index (χ2v) is 8.46. The smallest absolute Gasteiger partial charge is 0.171 e.